The number of nitrogens with zero attached hydrogens (tertiary/aromatic N) is 3. The van der Waals surface area contributed by atoms with Gasteiger partial charge in [0, 0.05) is 28.3 Å². The van der Waals surface area contributed by atoms with E-state index in [-0.39, 0.29) is 6.04 Å². The van der Waals surface area contributed by atoms with Crippen LogP contribution in [0.4, 0.5) is 5.82 Å². The molecule has 5 heteroatoms. The molecule has 0 aliphatic carbocycles. The Kier molecular flexibility index (Phi) is 4.29. The van der Waals surface area contributed by atoms with E-state index in [4.69, 9.17) is 21.7 Å². The van der Waals surface area contributed by atoms with Crippen molar-refractivity contribution in [1.29, 1.82) is 0 Å². The predicted molar refractivity (Wildman–Crippen MR) is 106 cm³/mol. The molecule has 1 aromatic heterocycles. The van der Waals surface area contributed by atoms with Gasteiger partial charge in [0.25, 0.3) is 0 Å². The monoisotopic (exact) mass is 365 g/mol. The van der Waals surface area contributed by atoms with Crippen molar-refractivity contribution >= 4 is 23.1 Å². The molecule has 0 saturated heterocycles. The lowest BCUT2D eigenvalue weighted by Gasteiger charge is -2.24. The molecule has 2 heterocycles. The predicted octanol–water partition coefficient (Wildman–Crippen LogP) is 5.56. The lowest BCUT2D eigenvalue weighted by molar-refractivity contribution is 0.443. The molecule has 0 saturated carbocycles. The highest BCUT2D eigenvalue weighted by Gasteiger charge is 2.29. The molecule has 2 aromatic carbocycles. The molecule has 0 amide bonds. The van der Waals surface area contributed by atoms with E-state index >= 15 is 0 Å². The van der Waals surface area contributed by atoms with Crippen molar-refractivity contribution in [1.82, 2.24) is 9.78 Å². The van der Waals surface area contributed by atoms with E-state index in [9.17, 15) is 5.11 Å². The lowest BCUT2D eigenvalue weighted by Crippen LogP contribution is -2.19. The summed E-state index contributed by atoms with van der Waals surface area (Å²) in [7, 11) is 0. The highest BCUT2D eigenvalue weighted by atomic mass is 35.5. The Balaban J connectivity index is 1.93. The molecule has 4 nitrogen and oxygen atoms in total. The van der Waals surface area contributed by atoms with Gasteiger partial charge in [-0.25, -0.2) is 9.67 Å². The molecular formula is C21H20ClN3O. The fraction of sp³-hybridized carbons (Fsp3) is 0.238. The molecule has 1 aliphatic rings. The second-order valence-electron chi connectivity index (χ2n) is 6.58. The van der Waals surface area contributed by atoms with Crippen LogP contribution in [-0.2, 0) is 6.42 Å². The fourth-order valence-electron chi connectivity index (χ4n) is 3.56. The molecule has 0 bridgehead atoms. The van der Waals surface area contributed by atoms with E-state index in [0.29, 0.717) is 10.8 Å². The van der Waals surface area contributed by atoms with Crippen LogP contribution in [0.25, 0.3) is 11.1 Å². The molecule has 4 rings (SSSR count). The highest BCUT2D eigenvalue weighted by molar-refractivity contribution is 6.30. The maximum atomic E-state index is 10.4. The Hall–Kier alpha value is -2.59. The van der Waals surface area contributed by atoms with Gasteiger partial charge in [0.15, 0.2) is 5.82 Å². The zero-order valence-electron chi connectivity index (χ0n) is 14.8. The summed E-state index contributed by atoms with van der Waals surface area (Å²) in [5.74, 6) is 1.14. The molecule has 1 unspecified atom stereocenters. The zero-order valence-corrected chi connectivity index (χ0v) is 15.5. The minimum Gasteiger partial charge on any atom is -0.508 e. The van der Waals surface area contributed by atoms with Gasteiger partial charge in [-0.1, -0.05) is 48.9 Å². The minimum atomic E-state index is -0.0601. The number of aliphatic imine (C=N–C) groups is 1. The van der Waals surface area contributed by atoms with Crippen molar-refractivity contribution in [2.24, 2.45) is 4.99 Å². The first kappa shape index (κ1) is 16.9. The molecule has 0 fully saturated rings. The van der Waals surface area contributed by atoms with E-state index < -0.39 is 0 Å². The van der Waals surface area contributed by atoms with Gasteiger partial charge in [-0.05, 0) is 37.1 Å². The van der Waals surface area contributed by atoms with E-state index in [0.717, 1.165) is 46.8 Å². The number of aromatic nitrogens is 2. The van der Waals surface area contributed by atoms with Crippen LogP contribution in [0.2, 0.25) is 5.02 Å². The van der Waals surface area contributed by atoms with E-state index in [2.05, 4.69) is 6.92 Å². The molecule has 1 atom stereocenters. The maximum absolute atomic E-state index is 10.4. The summed E-state index contributed by atoms with van der Waals surface area (Å²) in [5.41, 5.74) is 5.01. The quantitative estimate of drug-likeness (QED) is 0.660. The van der Waals surface area contributed by atoms with Gasteiger partial charge in [-0.3, -0.25) is 0 Å². The van der Waals surface area contributed by atoms with E-state index in [1.807, 2.05) is 54.1 Å². The van der Waals surface area contributed by atoms with Crippen LogP contribution in [0.1, 0.15) is 37.6 Å². The van der Waals surface area contributed by atoms with Crippen molar-refractivity contribution in [2.75, 3.05) is 0 Å². The van der Waals surface area contributed by atoms with Crippen LogP contribution < -0.4 is 0 Å². The molecule has 1 N–H and O–H groups in total. The van der Waals surface area contributed by atoms with Gasteiger partial charge in [0.2, 0.25) is 0 Å². The van der Waals surface area contributed by atoms with Crippen LogP contribution in [0.5, 0.6) is 5.75 Å². The summed E-state index contributed by atoms with van der Waals surface area (Å²) < 4.78 is 1.96. The second-order valence-corrected chi connectivity index (χ2v) is 7.01. The number of phenolic OH excluding ortho intramolecular Hbond substituents is 1. The molecular weight excluding hydrogens is 346 g/mol. The van der Waals surface area contributed by atoms with Crippen molar-refractivity contribution < 1.29 is 5.11 Å². The summed E-state index contributed by atoms with van der Waals surface area (Å²) in [6.07, 6.45) is 1.54. The average molecular weight is 366 g/mol. The van der Waals surface area contributed by atoms with Crippen LogP contribution in [0.15, 0.2) is 53.5 Å². The molecule has 26 heavy (non-hydrogen) atoms. The largest absolute Gasteiger partial charge is 0.508 e. The smallest absolute Gasteiger partial charge is 0.159 e. The Bertz CT molecular complexity index is 989. The Morgan fingerprint density at radius 1 is 1.15 bits per heavy atom. The Morgan fingerprint density at radius 3 is 2.58 bits per heavy atom. The number of rotatable bonds is 3. The molecule has 1 aliphatic heterocycles. The van der Waals surface area contributed by atoms with Crippen molar-refractivity contribution in [2.45, 2.75) is 32.7 Å². The standard InChI is InChI=1S/C21H20ClN3O/c1-3-17-20(14-8-10-15(22)11-9-14)21-23-13(2)12-18(25(21)24-17)16-6-4-5-7-19(16)26/h4-11,18,26H,3,12H2,1-2H3. The van der Waals surface area contributed by atoms with Crippen LogP contribution >= 0.6 is 11.6 Å². The number of aromatic hydroxyl groups is 1. The Morgan fingerprint density at radius 2 is 1.88 bits per heavy atom. The average Bonchev–Trinajstić information content (AvgIpc) is 3.00. The number of halogens is 1. The van der Waals surface area contributed by atoms with Crippen LogP contribution in [-0.4, -0.2) is 20.6 Å². The first-order valence-corrected chi connectivity index (χ1v) is 9.15. The number of hydrogen-bond donors (Lipinski definition) is 1. The van der Waals surface area contributed by atoms with Crippen LogP contribution in [0, 0.1) is 0 Å². The van der Waals surface area contributed by atoms with Crippen molar-refractivity contribution in [3.63, 3.8) is 0 Å². The fourth-order valence-corrected chi connectivity index (χ4v) is 3.68. The van der Waals surface area contributed by atoms with Gasteiger partial charge in [0.1, 0.15) is 5.75 Å². The van der Waals surface area contributed by atoms with Gasteiger partial charge in [-0.15, -0.1) is 0 Å². The van der Waals surface area contributed by atoms with Gasteiger partial charge < -0.3 is 5.11 Å². The first-order valence-electron chi connectivity index (χ1n) is 8.78. The second kappa shape index (κ2) is 6.61. The third-order valence-corrected chi connectivity index (χ3v) is 5.05. The SMILES string of the molecule is CCc1nn2c(c1-c1ccc(Cl)cc1)N=C(C)CC2c1ccccc1O. The van der Waals surface area contributed by atoms with Crippen molar-refractivity contribution in [3.05, 3.63) is 64.8 Å². The molecule has 0 radical (unpaired) electrons. The van der Waals surface area contributed by atoms with Gasteiger partial charge in [-0.2, -0.15) is 5.10 Å². The lowest BCUT2D eigenvalue weighted by atomic mass is 9.98. The number of hydrogen-bond acceptors (Lipinski definition) is 3. The first-order chi connectivity index (χ1) is 12.6. The summed E-state index contributed by atoms with van der Waals surface area (Å²) >= 11 is 6.06. The van der Waals surface area contributed by atoms with Gasteiger partial charge in [0.05, 0.1) is 11.7 Å². The minimum absolute atomic E-state index is 0.0601. The third-order valence-electron chi connectivity index (χ3n) is 4.80. The van der Waals surface area contributed by atoms with E-state index in [1.165, 1.54) is 0 Å². The van der Waals surface area contributed by atoms with Crippen molar-refractivity contribution in [3.8, 4) is 16.9 Å². The third kappa shape index (κ3) is 2.80. The van der Waals surface area contributed by atoms with Gasteiger partial charge >= 0.3 is 0 Å². The number of phenols is 1. The summed E-state index contributed by atoms with van der Waals surface area (Å²) in [6.45, 7) is 4.13. The van der Waals surface area contributed by atoms with E-state index in [1.54, 1.807) is 6.07 Å². The number of fused-ring (bicyclic) bond motifs is 1. The maximum Gasteiger partial charge on any atom is 0.159 e. The summed E-state index contributed by atoms with van der Waals surface area (Å²) in [5, 5.41) is 15.9. The number of para-hydroxylation sites is 1. The Labute approximate surface area is 157 Å². The molecule has 0 spiro atoms. The zero-order chi connectivity index (χ0) is 18.3. The topological polar surface area (TPSA) is 50.4 Å². The number of aryl methyl sites for hydroxylation is 1. The van der Waals surface area contributed by atoms with Crippen LogP contribution in [0.3, 0.4) is 0 Å². The molecule has 132 valence electrons. The summed E-state index contributed by atoms with van der Waals surface area (Å²) in [4.78, 5) is 4.82. The highest BCUT2D eigenvalue weighted by Crippen LogP contribution is 2.42. The summed E-state index contributed by atoms with van der Waals surface area (Å²) in [6, 6.07) is 15.2. The molecule has 3 aromatic rings. The normalized spacial score (nSPS) is 16.3. The number of benzene rings is 2.